The summed E-state index contributed by atoms with van der Waals surface area (Å²) in [4.78, 5) is 24.3. The molecular formula is C17H29N3O4S. The third kappa shape index (κ3) is 6.28. The number of sulfonamides is 1. The molecule has 0 aliphatic heterocycles. The molecule has 1 N–H and O–H groups in total. The van der Waals surface area contributed by atoms with Crippen molar-refractivity contribution < 1.29 is 13.2 Å². The lowest BCUT2D eigenvalue weighted by molar-refractivity contribution is -0.123. The van der Waals surface area contributed by atoms with Crippen LogP contribution in [-0.2, 0) is 21.4 Å². The van der Waals surface area contributed by atoms with Crippen LogP contribution in [0.5, 0.6) is 0 Å². The standard InChI is InChI=1S/C17H29N3O4S/c1-16(2,3)12-17(4,5)18-14(21)11-20-10-13(8-9-15(20)22)25(23,24)19(6)7/h8-10H,11-12H2,1-7H3,(H,18,21). The van der Waals surface area contributed by atoms with Crippen LogP contribution < -0.4 is 10.9 Å². The minimum atomic E-state index is -3.67. The number of carbonyl (C=O) groups excluding carboxylic acids is 1. The van der Waals surface area contributed by atoms with E-state index < -0.39 is 21.1 Å². The first-order chi connectivity index (χ1) is 11.1. The first-order valence-electron chi connectivity index (χ1n) is 8.08. The predicted octanol–water partition coefficient (Wildman–Crippen LogP) is 1.43. The van der Waals surface area contributed by atoms with Gasteiger partial charge < -0.3 is 9.88 Å². The zero-order chi connectivity index (χ0) is 19.6. The summed E-state index contributed by atoms with van der Waals surface area (Å²) in [6.07, 6.45) is 1.96. The van der Waals surface area contributed by atoms with Crippen molar-refractivity contribution in [2.24, 2.45) is 5.41 Å². The molecule has 1 amide bonds. The van der Waals surface area contributed by atoms with E-state index in [-0.39, 0.29) is 22.8 Å². The SMILES string of the molecule is CN(C)S(=O)(=O)c1ccc(=O)n(CC(=O)NC(C)(C)CC(C)(C)C)c1. The smallest absolute Gasteiger partial charge is 0.251 e. The third-order valence-electron chi connectivity index (χ3n) is 3.50. The Morgan fingerprint density at radius 2 is 1.72 bits per heavy atom. The summed E-state index contributed by atoms with van der Waals surface area (Å²) in [6, 6.07) is 2.40. The molecule has 1 aromatic rings. The normalized spacial score (nSPS) is 13.1. The van der Waals surface area contributed by atoms with E-state index in [4.69, 9.17) is 0 Å². The minimum Gasteiger partial charge on any atom is -0.350 e. The zero-order valence-corrected chi connectivity index (χ0v) is 16.9. The van der Waals surface area contributed by atoms with Crippen LogP contribution in [-0.4, -0.2) is 42.8 Å². The molecule has 0 aliphatic rings. The van der Waals surface area contributed by atoms with Gasteiger partial charge in [0.05, 0.1) is 4.90 Å². The van der Waals surface area contributed by atoms with Crippen molar-refractivity contribution in [1.29, 1.82) is 0 Å². The molecule has 0 bridgehead atoms. The van der Waals surface area contributed by atoms with Gasteiger partial charge in [0.1, 0.15) is 6.54 Å². The molecule has 0 saturated heterocycles. The Morgan fingerprint density at radius 3 is 2.20 bits per heavy atom. The third-order valence-corrected chi connectivity index (χ3v) is 5.30. The van der Waals surface area contributed by atoms with Crippen LogP contribution in [0, 0.1) is 5.41 Å². The lowest BCUT2D eigenvalue weighted by atomic mass is 9.82. The maximum atomic E-state index is 12.3. The van der Waals surface area contributed by atoms with Gasteiger partial charge in [0, 0.05) is 31.9 Å². The van der Waals surface area contributed by atoms with Crippen LogP contribution in [0.25, 0.3) is 0 Å². The van der Waals surface area contributed by atoms with Crippen molar-refractivity contribution in [3.8, 4) is 0 Å². The fraction of sp³-hybridized carbons (Fsp3) is 0.647. The van der Waals surface area contributed by atoms with Gasteiger partial charge in [0.25, 0.3) is 5.56 Å². The van der Waals surface area contributed by atoms with E-state index in [1.54, 1.807) is 0 Å². The summed E-state index contributed by atoms with van der Waals surface area (Å²) in [7, 11) is -0.851. The fourth-order valence-electron chi connectivity index (χ4n) is 2.94. The van der Waals surface area contributed by atoms with Crippen molar-refractivity contribution in [3.05, 3.63) is 28.7 Å². The van der Waals surface area contributed by atoms with Gasteiger partial charge in [0.15, 0.2) is 0 Å². The molecule has 0 spiro atoms. The lowest BCUT2D eigenvalue weighted by Crippen LogP contribution is -2.47. The van der Waals surface area contributed by atoms with Crippen molar-refractivity contribution in [2.45, 2.75) is 58.0 Å². The summed E-state index contributed by atoms with van der Waals surface area (Å²) in [5.41, 5.74) is -0.832. The second-order valence-electron chi connectivity index (χ2n) is 8.29. The highest BCUT2D eigenvalue weighted by Crippen LogP contribution is 2.26. The summed E-state index contributed by atoms with van der Waals surface area (Å²) >= 11 is 0. The average Bonchev–Trinajstić information content (AvgIpc) is 2.37. The molecule has 1 rings (SSSR count). The van der Waals surface area contributed by atoms with Crippen LogP contribution in [0.15, 0.2) is 28.0 Å². The van der Waals surface area contributed by atoms with E-state index in [1.807, 2.05) is 13.8 Å². The largest absolute Gasteiger partial charge is 0.350 e. The molecule has 0 radical (unpaired) electrons. The molecule has 142 valence electrons. The lowest BCUT2D eigenvalue weighted by Gasteiger charge is -2.33. The number of amides is 1. The molecule has 7 nitrogen and oxygen atoms in total. The van der Waals surface area contributed by atoms with E-state index >= 15 is 0 Å². The Bertz CT molecular complexity index is 787. The van der Waals surface area contributed by atoms with Gasteiger partial charge in [-0.15, -0.1) is 0 Å². The van der Waals surface area contributed by atoms with Gasteiger partial charge in [-0.3, -0.25) is 9.59 Å². The summed E-state index contributed by atoms with van der Waals surface area (Å²) in [5.74, 6) is -0.337. The number of nitrogens with zero attached hydrogens (tertiary/aromatic N) is 2. The number of pyridine rings is 1. The van der Waals surface area contributed by atoms with Gasteiger partial charge in [0.2, 0.25) is 15.9 Å². The van der Waals surface area contributed by atoms with E-state index in [2.05, 4.69) is 26.1 Å². The summed E-state index contributed by atoms with van der Waals surface area (Å²) in [5, 5.41) is 2.91. The monoisotopic (exact) mass is 371 g/mol. The maximum Gasteiger partial charge on any atom is 0.251 e. The number of aromatic nitrogens is 1. The van der Waals surface area contributed by atoms with Crippen LogP contribution in [0.4, 0.5) is 0 Å². The first-order valence-corrected chi connectivity index (χ1v) is 9.52. The molecule has 1 heterocycles. The molecular weight excluding hydrogens is 342 g/mol. The first kappa shape index (κ1) is 21.4. The van der Waals surface area contributed by atoms with Gasteiger partial charge in [-0.25, -0.2) is 12.7 Å². The average molecular weight is 372 g/mol. The van der Waals surface area contributed by atoms with Gasteiger partial charge in [-0.1, -0.05) is 20.8 Å². The number of nitrogens with one attached hydrogen (secondary N) is 1. The van der Waals surface area contributed by atoms with Crippen LogP contribution in [0.2, 0.25) is 0 Å². The molecule has 8 heteroatoms. The minimum absolute atomic E-state index is 0.0288. The fourth-order valence-corrected chi connectivity index (χ4v) is 3.86. The molecule has 1 aromatic heterocycles. The van der Waals surface area contributed by atoms with E-state index in [0.29, 0.717) is 0 Å². The van der Waals surface area contributed by atoms with Crippen molar-refractivity contribution in [3.63, 3.8) is 0 Å². The highest BCUT2D eigenvalue weighted by molar-refractivity contribution is 7.89. The van der Waals surface area contributed by atoms with Crippen LogP contribution in [0.1, 0.15) is 41.0 Å². The number of hydrogen-bond acceptors (Lipinski definition) is 4. The number of carbonyl (C=O) groups is 1. The molecule has 0 aliphatic carbocycles. The van der Waals surface area contributed by atoms with E-state index in [9.17, 15) is 18.0 Å². The maximum absolute atomic E-state index is 12.3. The molecule has 0 aromatic carbocycles. The number of rotatable bonds is 6. The van der Waals surface area contributed by atoms with Gasteiger partial charge in [-0.2, -0.15) is 0 Å². The zero-order valence-electron chi connectivity index (χ0n) is 16.1. The highest BCUT2D eigenvalue weighted by atomic mass is 32.2. The summed E-state index contributed by atoms with van der Waals surface area (Å²) in [6.45, 7) is 9.86. The Morgan fingerprint density at radius 1 is 1.16 bits per heavy atom. The second-order valence-corrected chi connectivity index (χ2v) is 10.4. The molecule has 0 fully saturated rings. The van der Waals surface area contributed by atoms with Crippen LogP contribution in [0.3, 0.4) is 0 Å². The topological polar surface area (TPSA) is 88.5 Å². The molecule has 0 unspecified atom stereocenters. The predicted molar refractivity (Wildman–Crippen MR) is 97.9 cm³/mol. The Balaban J connectivity index is 3.00. The van der Waals surface area contributed by atoms with E-state index in [0.717, 1.165) is 21.4 Å². The highest BCUT2D eigenvalue weighted by Gasteiger charge is 2.27. The Labute approximate surface area is 150 Å². The summed E-state index contributed by atoms with van der Waals surface area (Å²) < 4.78 is 26.5. The van der Waals surface area contributed by atoms with Crippen LogP contribution >= 0.6 is 0 Å². The second kappa shape index (κ2) is 7.29. The molecule has 0 atom stereocenters. The van der Waals surface area contributed by atoms with Crippen molar-refractivity contribution in [1.82, 2.24) is 14.2 Å². The quantitative estimate of drug-likeness (QED) is 0.819. The molecule has 0 saturated carbocycles. The van der Waals surface area contributed by atoms with E-state index in [1.165, 1.54) is 26.4 Å². The Hall–Kier alpha value is -1.67. The van der Waals surface area contributed by atoms with Crippen molar-refractivity contribution >= 4 is 15.9 Å². The van der Waals surface area contributed by atoms with Crippen molar-refractivity contribution in [2.75, 3.05) is 14.1 Å². The Kier molecular flexibility index (Phi) is 6.23. The van der Waals surface area contributed by atoms with Gasteiger partial charge in [-0.05, 0) is 31.7 Å². The molecule has 25 heavy (non-hydrogen) atoms. The number of hydrogen-bond donors (Lipinski definition) is 1. The van der Waals surface area contributed by atoms with Gasteiger partial charge >= 0.3 is 0 Å².